The topological polar surface area (TPSA) is 27.0 Å². The third kappa shape index (κ3) is 3.83. The van der Waals surface area contributed by atoms with E-state index in [1.54, 1.807) is 0 Å². The lowest BCUT2D eigenvalue weighted by Gasteiger charge is -2.37. The molecule has 0 radical (unpaired) electrons. The van der Waals surface area contributed by atoms with Crippen molar-refractivity contribution in [3.05, 3.63) is 0 Å². The highest BCUT2D eigenvalue weighted by Gasteiger charge is 2.25. The highest BCUT2D eigenvalue weighted by molar-refractivity contribution is 4.92. The summed E-state index contributed by atoms with van der Waals surface area (Å²) in [6.45, 7) is 11.0. The fraction of sp³-hybridized carbons (Fsp3) is 0.923. The standard InChI is InChI=1S/C13H24N2/c1-11-5-6-12(2)15(9-11)8-7-13(3,4)10-14/h11-12H,5-9H2,1-4H3. The van der Waals surface area contributed by atoms with E-state index in [1.807, 2.05) is 13.8 Å². The van der Waals surface area contributed by atoms with Crippen LogP contribution in [0.5, 0.6) is 0 Å². The molecule has 86 valence electrons. The zero-order valence-electron chi connectivity index (χ0n) is 10.6. The predicted molar refractivity (Wildman–Crippen MR) is 63.4 cm³/mol. The molecule has 1 saturated heterocycles. The highest BCUT2D eigenvalue weighted by Crippen LogP contribution is 2.25. The van der Waals surface area contributed by atoms with Crippen molar-refractivity contribution in [3.8, 4) is 6.07 Å². The van der Waals surface area contributed by atoms with E-state index in [-0.39, 0.29) is 5.41 Å². The average Bonchev–Trinajstić information content (AvgIpc) is 2.20. The Balaban J connectivity index is 2.40. The minimum absolute atomic E-state index is 0.166. The van der Waals surface area contributed by atoms with E-state index >= 15 is 0 Å². The maximum absolute atomic E-state index is 8.97. The van der Waals surface area contributed by atoms with Crippen LogP contribution < -0.4 is 0 Å². The van der Waals surface area contributed by atoms with Crippen molar-refractivity contribution in [1.82, 2.24) is 4.90 Å². The van der Waals surface area contributed by atoms with Crippen LogP contribution in [0.1, 0.15) is 47.0 Å². The van der Waals surface area contributed by atoms with Crippen molar-refractivity contribution in [2.75, 3.05) is 13.1 Å². The molecule has 0 amide bonds. The van der Waals surface area contributed by atoms with Crippen molar-refractivity contribution in [2.45, 2.75) is 53.0 Å². The number of nitrogens with zero attached hydrogens (tertiary/aromatic N) is 2. The van der Waals surface area contributed by atoms with Gasteiger partial charge >= 0.3 is 0 Å². The maximum atomic E-state index is 8.97. The minimum atomic E-state index is -0.166. The summed E-state index contributed by atoms with van der Waals surface area (Å²) in [5.74, 6) is 0.825. The molecule has 2 unspecified atom stereocenters. The molecular formula is C13H24N2. The normalized spacial score (nSPS) is 28.7. The van der Waals surface area contributed by atoms with Crippen molar-refractivity contribution < 1.29 is 0 Å². The molecule has 1 aliphatic rings. The molecule has 0 spiro atoms. The molecule has 1 rings (SSSR count). The smallest absolute Gasteiger partial charge is 0.0684 e. The molecule has 0 aromatic rings. The molecule has 1 fully saturated rings. The Morgan fingerprint density at radius 1 is 1.33 bits per heavy atom. The van der Waals surface area contributed by atoms with Gasteiger partial charge in [0.05, 0.1) is 11.5 Å². The van der Waals surface area contributed by atoms with E-state index in [1.165, 1.54) is 19.4 Å². The maximum Gasteiger partial charge on any atom is 0.0684 e. The second-order valence-corrected chi connectivity index (χ2v) is 5.77. The molecule has 1 aliphatic heterocycles. The summed E-state index contributed by atoms with van der Waals surface area (Å²) in [5, 5.41) is 8.97. The van der Waals surface area contributed by atoms with Crippen LogP contribution in [-0.4, -0.2) is 24.0 Å². The third-order valence-corrected chi connectivity index (χ3v) is 3.57. The summed E-state index contributed by atoms with van der Waals surface area (Å²) >= 11 is 0. The molecule has 0 saturated carbocycles. The second-order valence-electron chi connectivity index (χ2n) is 5.77. The number of rotatable bonds is 3. The monoisotopic (exact) mass is 208 g/mol. The van der Waals surface area contributed by atoms with Gasteiger partial charge in [-0.1, -0.05) is 6.92 Å². The van der Waals surface area contributed by atoms with Gasteiger partial charge in [0.25, 0.3) is 0 Å². The Kier molecular flexibility index (Phi) is 4.16. The fourth-order valence-electron chi connectivity index (χ4n) is 2.17. The van der Waals surface area contributed by atoms with Gasteiger partial charge in [-0.25, -0.2) is 0 Å². The van der Waals surface area contributed by atoms with Crippen LogP contribution in [0, 0.1) is 22.7 Å². The second kappa shape index (κ2) is 4.99. The first-order valence-electron chi connectivity index (χ1n) is 6.10. The van der Waals surface area contributed by atoms with Crippen molar-refractivity contribution in [1.29, 1.82) is 5.26 Å². The number of hydrogen-bond donors (Lipinski definition) is 0. The van der Waals surface area contributed by atoms with Crippen molar-refractivity contribution in [2.24, 2.45) is 11.3 Å². The average molecular weight is 208 g/mol. The molecular weight excluding hydrogens is 184 g/mol. The Hall–Kier alpha value is -0.550. The Bertz CT molecular complexity index is 239. The molecule has 0 aromatic carbocycles. The number of hydrogen-bond acceptors (Lipinski definition) is 2. The highest BCUT2D eigenvalue weighted by atomic mass is 15.2. The molecule has 2 heteroatoms. The third-order valence-electron chi connectivity index (χ3n) is 3.57. The summed E-state index contributed by atoms with van der Waals surface area (Å²) in [6, 6.07) is 3.08. The van der Waals surface area contributed by atoms with Gasteiger partial charge in [-0.2, -0.15) is 5.26 Å². The summed E-state index contributed by atoms with van der Waals surface area (Å²) in [7, 11) is 0. The predicted octanol–water partition coefficient (Wildman–Crippen LogP) is 3.05. The zero-order chi connectivity index (χ0) is 11.5. The lowest BCUT2D eigenvalue weighted by Crippen LogP contribution is -2.42. The summed E-state index contributed by atoms with van der Waals surface area (Å²) in [4.78, 5) is 2.55. The lowest BCUT2D eigenvalue weighted by molar-refractivity contribution is 0.114. The quantitative estimate of drug-likeness (QED) is 0.713. The Morgan fingerprint density at radius 3 is 2.60 bits per heavy atom. The van der Waals surface area contributed by atoms with Crippen LogP contribution in [-0.2, 0) is 0 Å². The van der Waals surface area contributed by atoms with Crippen LogP contribution in [0.25, 0.3) is 0 Å². The first-order valence-corrected chi connectivity index (χ1v) is 6.10. The van der Waals surface area contributed by atoms with Crippen LogP contribution >= 0.6 is 0 Å². The van der Waals surface area contributed by atoms with Crippen LogP contribution in [0.2, 0.25) is 0 Å². The van der Waals surface area contributed by atoms with Crippen molar-refractivity contribution in [3.63, 3.8) is 0 Å². The van der Waals surface area contributed by atoms with Gasteiger partial charge in [0, 0.05) is 12.6 Å². The molecule has 1 heterocycles. The lowest BCUT2D eigenvalue weighted by atomic mass is 9.89. The first-order chi connectivity index (χ1) is 6.94. The molecule has 0 aliphatic carbocycles. The summed E-state index contributed by atoms with van der Waals surface area (Å²) < 4.78 is 0. The van der Waals surface area contributed by atoms with Gasteiger partial charge in [0.2, 0.25) is 0 Å². The number of piperidine rings is 1. The van der Waals surface area contributed by atoms with Crippen LogP contribution in [0.3, 0.4) is 0 Å². The number of nitriles is 1. The zero-order valence-corrected chi connectivity index (χ0v) is 10.6. The molecule has 15 heavy (non-hydrogen) atoms. The molecule has 0 aromatic heterocycles. The largest absolute Gasteiger partial charge is 0.300 e. The summed E-state index contributed by atoms with van der Waals surface area (Å²) in [6.07, 6.45) is 3.66. The molecule has 0 bridgehead atoms. The van der Waals surface area contributed by atoms with Crippen molar-refractivity contribution >= 4 is 0 Å². The Morgan fingerprint density at radius 2 is 2.00 bits per heavy atom. The SMILES string of the molecule is CC1CCC(C)N(CCC(C)(C)C#N)C1. The van der Waals surface area contributed by atoms with Gasteiger partial charge in [0.1, 0.15) is 0 Å². The van der Waals surface area contributed by atoms with Gasteiger partial charge in [0.15, 0.2) is 0 Å². The Labute approximate surface area is 94.3 Å². The molecule has 2 atom stereocenters. The fourth-order valence-corrected chi connectivity index (χ4v) is 2.17. The van der Waals surface area contributed by atoms with E-state index in [2.05, 4.69) is 24.8 Å². The minimum Gasteiger partial charge on any atom is -0.300 e. The van der Waals surface area contributed by atoms with E-state index in [4.69, 9.17) is 5.26 Å². The van der Waals surface area contributed by atoms with E-state index in [9.17, 15) is 0 Å². The van der Waals surface area contributed by atoms with Gasteiger partial charge < -0.3 is 4.90 Å². The van der Waals surface area contributed by atoms with Gasteiger partial charge in [-0.3, -0.25) is 0 Å². The van der Waals surface area contributed by atoms with Gasteiger partial charge in [-0.15, -0.1) is 0 Å². The van der Waals surface area contributed by atoms with Crippen LogP contribution in [0.15, 0.2) is 0 Å². The number of likely N-dealkylation sites (tertiary alicyclic amines) is 1. The van der Waals surface area contributed by atoms with E-state index < -0.39 is 0 Å². The van der Waals surface area contributed by atoms with E-state index in [0.29, 0.717) is 6.04 Å². The first kappa shape index (κ1) is 12.5. The summed E-state index contributed by atoms with van der Waals surface area (Å²) in [5.41, 5.74) is -0.166. The van der Waals surface area contributed by atoms with Crippen LogP contribution in [0.4, 0.5) is 0 Å². The van der Waals surface area contributed by atoms with E-state index in [0.717, 1.165) is 18.9 Å². The van der Waals surface area contributed by atoms with Gasteiger partial charge in [-0.05, 0) is 52.5 Å². The molecule has 0 N–H and O–H groups in total. The molecule has 2 nitrogen and oxygen atoms in total.